The number of anilines is 1. The fourth-order valence-corrected chi connectivity index (χ4v) is 2.64. The molecule has 0 saturated carbocycles. The largest absolute Gasteiger partial charge is 0.495 e. The summed E-state index contributed by atoms with van der Waals surface area (Å²) in [6.45, 7) is 10.2. The molecule has 106 valence electrons. The molecule has 2 aliphatic rings. The number of aryl methyl sites for hydroxylation is 1. The first-order valence-corrected chi connectivity index (χ1v) is 6.98. The smallest absolute Gasteiger partial charge is 0.399 e. The van der Waals surface area contributed by atoms with Crippen molar-refractivity contribution in [1.82, 2.24) is 0 Å². The quantitative estimate of drug-likeness (QED) is 0.793. The van der Waals surface area contributed by atoms with Gasteiger partial charge in [-0.2, -0.15) is 0 Å². The average Bonchev–Trinajstić information content (AvgIpc) is 2.74. The molecule has 0 spiro atoms. The molecule has 1 aromatic rings. The van der Waals surface area contributed by atoms with Gasteiger partial charge in [0.2, 0.25) is 5.91 Å². The molecule has 5 heteroatoms. The van der Waals surface area contributed by atoms with E-state index < -0.39 is 0 Å². The molecular weight excluding hydrogens is 253 g/mol. The third kappa shape index (κ3) is 1.96. The van der Waals surface area contributed by atoms with E-state index in [2.05, 4.69) is 5.32 Å². The van der Waals surface area contributed by atoms with Crippen molar-refractivity contribution in [2.24, 2.45) is 0 Å². The number of carbonyl (C=O) groups is 1. The van der Waals surface area contributed by atoms with Crippen LogP contribution in [0.2, 0.25) is 0 Å². The summed E-state index contributed by atoms with van der Waals surface area (Å²) in [5.41, 5.74) is 3.31. The van der Waals surface area contributed by atoms with Crippen LogP contribution in [-0.2, 0) is 20.5 Å². The van der Waals surface area contributed by atoms with Gasteiger partial charge >= 0.3 is 7.12 Å². The van der Waals surface area contributed by atoms with Gasteiger partial charge in [0.15, 0.2) is 0 Å². The number of rotatable bonds is 1. The Bertz CT molecular complexity index is 579. The van der Waals surface area contributed by atoms with Gasteiger partial charge < -0.3 is 14.6 Å². The maximum atomic E-state index is 11.5. The third-order valence-electron chi connectivity index (χ3n) is 4.62. The SMILES string of the molecule is Cc1cc2c(cc1B1OC(C)(C)C(C)(C)O1)NC(=O)C2. The molecule has 1 aromatic carbocycles. The predicted molar refractivity (Wildman–Crippen MR) is 79.2 cm³/mol. The van der Waals surface area contributed by atoms with Crippen molar-refractivity contribution >= 4 is 24.2 Å². The Kier molecular flexibility index (Phi) is 2.79. The number of hydrogen-bond acceptors (Lipinski definition) is 3. The van der Waals surface area contributed by atoms with Gasteiger partial charge in [-0.15, -0.1) is 0 Å². The standard InChI is InChI=1S/C15H20BNO3/c1-9-6-10-7-13(18)17-12(10)8-11(9)16-19-14(2,3)15(4,5)20-16/h6,8H,7H2,1-5H3,(H,17,18). The fraction of sp³-hybridized carbons (Fsp3) is 0.533. The van der Waals surface area contributed by atoms with Gasteiger partial charge in [-0.05, 0) is 51.7 Å². The molecule has 1 fully saturated rings. The number of nitrogens with one attached hydrogen (secondary N) is 1. The summed E-state index contributed by atoms with van der Waals surface area (Å²) >= 11 is 0. The van der Waals surface area contributed by atoms with Crippen LogP contribution in [0, 0.1) is 6.92 Å². The Morgan fingerprint density at radius 2 is 1.75 bits per heavy atom. The van der Waals surface area contributed by atoms with Crippen LogP contribution in [0.1, 0.15) is 38.8 Å². The van der Waals surface area contributed by atoms with Crippen LogP contribution >= 0.6 is 0 Å². The molecule has 0 bridgehead atoms. The Balaban J connectivity index is 1.97. The zero-order valence-corrected chi connectivity index (χ0v) is 12.7. The Labute approximate surface area is 120 Å². The number of fused-ring (bicyclic) bond motifs is 1. The minimum absolute atomic E-state index is 0.0467. The van der Waals surface area contributed by atoms with E-state index in [4.69, 9.17) is 9.31 Å². The van der Waals surface area contributed by atoms with E-state index in [0.29, 0.717) is 6.42 Å². The molecule has 1 N–H and O–H groups in total. The van der Waals surface area contributed by atoms with E-state index in [-0.39, 0.29) is 24.2 Å². The molecule has 20 heavy (non-hydrogen) atoms. The Morgan fingerprint density at radius 1 is 1.15 bits per heavy atom. The molecule has 0 aliphatic carbocycles. The number of amides is 1. The summed E-state index contributed by atoms with van der Waals surface area (Å²) in [5.74, 6) is 0.0467. The predicted octanol–water partition coefficient (Wildman–Crippen LogP) is 1.79. The second-order valence-electron chi connectivity index (χ2n) is 6.68. The average molecular weight is 273 g/mol. The molecule has 0 radical (unpaired) electrons. The highest BCUT2D eigenvalue weighted by Crippen LogP contribution is 2.37. The highest BCUT2D eigenvalue weighted by Gasteiger charge is 2.52. The molecule has 0 unspecified atom stereocenters. The van der Waals surface area contributed by atoms with E-state index in [1.807, 2.05) is 46.8 Å². The van der Waals surface area contributed by atoms with Gasteiger partial charge in [0, 0.05) is 5.69 Å². The zero-order chi connectivity index (χ0) is 14.7. The van der Waals surface area contributed by atoms with E-state index in [1.54, 1.807) is 0 Å². The van der Waals surface area contributed by atoms with Gasteiger partial charge in [0.25, 0.3) is 0 Å². The topological polar surface area (TPSA) is 47.6 Å². The molecule has 0 atom stereocenters. The highest BCUT2D eigenvalue weighted by atomic mass is 16.7. The van der Waals surface area contributed by atoms with Crippen LogP contribution in [0.25, 0.3) is 0 Å². The number of carbonyl (C=O) groups excluding carboxylic acids is 1. The van der Waals surface area contributed by atoms with Gasteiger partial charge in [-0.3, -0.25) is 4.79 Å². The summed E-state index contributed by atoms with van der Waals surface area (Å²) in [7, 11) is -0.386. The first-order valence-electron chi connectivity index (χ1n) is 6.98. The lowest BCUT2D eigenvalue weighted by Gasteiger charge is -2.32. The maximum Gasteiger partial charge on any atom is 0.495 e. The second-order valence-corrected chi connectivity index (χ2v) is 6.68. The minimum atomic E-state index is -0.386. The Morgan fingerprint density at radius 3 is 2.35 bits per heavy atom. The summed E-state index contributed by atoms with van der Waals surface area (Å²) in [5, 5.41) is 2.88. The Hall–Kier alpha value is -1.33. The van der Waals surface area contributed by atoms with Crippen molar-refractivity contribution < 1.29 is 14.1 Å². The van der Waals surface area contributed by atoms with Gasteiger partial charge in [-0.25, -0.2) is 0 Å². The lowest BCUT2D eigenvalue weighted by molar-refractivity contribution is -0.115. The first kappa shape index (κ1) is 13.6. The van der Waals surface area contributed by atoms with Gasteiger partial charge in [0.1, 0.15) is 0 Å². The highest BCUT2D eigenvalue weighted by molar-refractivity contribution is 6.62. The van der Waals surface area contributed by atoms with Crippen LogP contribution in [-0.4, -0.2) is 24.2 Å². The van der Waals surface area contributed by atoms with Crippen molar-refractivity contribution in [3.63, 3.8) is 0 Å². The van der Waals surface area contributed by atoms with Crippen LogP contribution < -0.4 is 10.8 Å². The summed E-state index contributed by atoms with van der Waals surface area (Å²) < 4.78 is 12.2. The molecule has 2 aliphatic heterocycles. The summed E-state index contributed by atoms with van der Waals surface area (Å²) in [6, 6.07) is 4.03. The molecular formula is C15H20BNO3. The fourth-order valence-electron chi connectivity index (χ4n) is 2.64. The lowest BCUT2D eigenvalue weighted by Crippen LogP contribution is -2.41. The second kappa shape index (κ2) is 4.09. The summed E-state index contributed by atoms with van der Waals surface area (Å²) in [4.78, 5) is 11.5. The van der Waals surface area contributed by atoms with Crippen LogP contribution in [0.5, 0.6) is 0 Å². The van der Waals surface area contributed by atoms with E-state index in [1.165, 1.54) is 0 Å². The van der Waals surface area contributed by atoms with E-state index >= 15 is 0 Å². The molecule has 2 heterocycles. The molecule has 4 nitrogen and oxygen atoms in total. The maximum absolute atomic E-state index is 11.5. The normalized spacial score (nSPS) is 22.9. The first-order chi connectivity index (χ1) is 9.19. The monoisotopic (exact) mass is 273 g/mol. The van der Waals surface area contributed by atoms with Crippen LogP contribution in [0.4, 0.5) is 5.69 Å². The van der Waals surface area contributed by atoms with E-state index in [9.17, 15) is 4.79 Å². The van der Waals surface area contributed by atoms with Crippen LogP contribution in [0.15, 0.2) is 12.1 Å². The van der Waals surface area contributed by atoms with Crippen molar-refractivity contribution in [2.45, 2.75) is 52.2 Å². The molecule has 3 rings (SSSR count). The van der Waals surface area contributed by atoms with Crippen molar-refractivity contribution in [1.29, 1.82) is 0 Å². The van der Waals surface area contributed by atoms with E-state index in [0.717, 1.165) is 22.3 Å². The molecule has 1 saturated heterocycles. The molecule has 0 aromatic heterocycles. The lowest BCUT2D eigenvalue weighted by atomic mass is 9.75. The minimum Gasteiger partial charge on any atom is -0.399 e. The molecule has 1 amide bonds. The van der Waals surface area contributed by atoms with Gasteiger partial charge in [0.05, 0.1) is 17.6 Å². The van der Waals surface area contributed by atoms with Gasteiger partial charge in [-0.1, -0.05) is 11.6 Å². The number of benzene rings is 1. The number of hydrogen-bond donors (Lipinski definition) is 1. The van der Waals surface area contributed by atoms with Crippen LogP contribution in [0.3, 0.4) is 0 Å². The third-order valence-corrected chi connectivity index (χ3v) is 4.62. The van der Waals surface area contributed by atoms with Crippen molar-refractivity contribution in [2.75, 3.05) is 5.32 Å². The zero-order valence-electron chi connectivity index (χ0n) is 12.7. The summed E-state index contributed by atoms with van der Waals surface area (Å²) in [6.07, 6.45) is 0.458. The van der Waals surface area contributed by atoms with Crippen molar-refractivity contribution in [3.05, 3.63) is 23.3 Å². The van der Waals surface area contributed by atoms with Crippen molar-refractivity contribution in [3.8, 4) is 0 Å².